The highest BCUT2D eigenvalue weighted by Gasteiger charge is 2.51. The Hall–Kier alpha value is -2.27. The van der Waals surface area contributed by atoms with Gasteiger partial charge in [-0.2, -0.15) is 0 Å². The summed E-state index contributed by atoms with van der Waals surface area (Å²) in [5.74, 6) is 0.657. The third kappa shape index (κ3) is 4.20. The van der Waals surface area contributed by atoms with Crippen molar-refractivity contribution in [2.45, 2.75) is 52.6 Å². The summed E-state index contributed by atoms with van der Waals surface area (Å²) >= 11 is 0. The van der Waals surface area contributed by atoms with Gasteiger partial charge in [0, 0.05) is 12.5 Å². The van der Waals surface area contributed by atoms with E-state index in [4.69, 9.17) is 14.2 Å². The Balaban J connectivity index is 2.51. The monoisotopic (exact) mass is 402 g/mol. The quantitative estimate of drug-likeness (QED) is 0.582. The van der Waals surface area contributed by atoms with E-state index < -0.39 is 11.5 Å². The molecule has 160 valence electrons. The number of rotatable bonds is 9. The summed E-state index contributed by atoms with van der Waals surface area (Å²) < 4.78 is 16.4. The summed E-state index contributed by atoms with van der Waals surface area (Å²) in [6.07, 6.45) is 2.03. The van der Waals surface area contributed by atoms with Crippen LogP contribution in [0.5, 0.6) is 5.75 Å². The van der Waals surface area contributed by atoms with Gasteiger partial charge >= 0.3 is 0 Å². The number of benzene rings is 1. The highest BCUT2D eigenvalue weighted by Crippen LogP contribution is 2.52. The molecule has 0 bridgehead atoms. The number of hydrogen-bond donors (Lipinski definition) is 1. The minimum Gasteiger partial charge on any atom is -0.508 e. The number of Topliss-reactive ketones (excluding diaryl/α,β-unsaturated/α-hetero) is 1. The van der Waals surface area contributed by atoms with Crippen LogP contribution in [0.1, 0.15) is 50.7 Å². The largest absolute Gasteiger partial charge is 0.508 e. The molecular formula is C24H34O5. The van der Waals surface area contributed by atoms with Crippen molar-refractivity contribution >= 4 is 5.78 Å². The van der Waals surface area contributed by atoms with Crippen LogP contribution in [0.3, 0.4) is 0 Å². The molecule has 5 nitrogen and oxygen atoms in total. The van der Waals surface area contributed by atoms with Crippen LogP contribution in [0.2, 0.25) is 0 Å². The molecule has 0 unspecified atom stereocenters. The Labute approximate surface area is 174 Å². The third-order valence-corrected chi connectivity index (χ3v) is 6.40. The molecule has 1 aliphatic carbocycles. The zero-order valence-electron chi connectivity index (χ0n) is 18.5. The minimum atomic E-state index is -0.701. The fourth-order valence-corrected chi connectivity index (χ4v) is 4.46. The summed E-state index contributed by atoms with van der Waals surface area (Å²) in [6.45, 7) is 12.8. The van der Waals surface area contributed by atoms with E-state index in [1.165, 1.54) is 14.2 Å². The van der Waals surface area contributed by atoms with E-state index >= 15 is 0 Å². The Kier molecular flexibility index (Phi) is 7.53. The summed E-state index contributed by atoms with van der Waals surface area (Å²) in [6, 6.07) is 6.20. The number of carbonyl (C=O) groups excluding carboxylic acids is 1. The van der Waals surface area contributed by atoms with Gasteiger partial charge in [-0.1, -0.05) is 32.1 Å². The van der Waals surface area contributed by atoms with Gasteiger partial charge in [0.2, 0.25) is 11.5 Å². The molecule has 5 heteroatoms. The molecular weight excluding hydrogens is 368 g/mol. The number of allylic oxidation sites excluding steroid dienone is 2. The fraction of sp³-hybridized carbons (Fsp3) is 0.542. The topological polar surface area (TPSA) is 65.0 Å². The lowest BCUT2D eigenvalue weighted by Crippen LogP contribution is -2.46. The van der Waals surface area contributed by atoms with Gasteiger partial charge in [0.05, 0.1) is 13.7 Å². The van der Waals surface area contributed by atoms with Crippen molar-refractivity contribution in [3.05, 3.63) is 53.5 Å². The van der Waals surface area contributed by atoms with Crippen LogP contribution in [0.25, 0.3) is 0 Å². The molecule has 0 aliphatic heterocycles. The molecule has 2 rings (SSSR count). The number of aliphatic hydroxyl groups excluding tert-OH is 1. The second-order valence-corrected chi connectivity index (χ2v) is 7.86. The fourth-order valence-electron chi connectivity index (χ4n) is 4.46. The molecule has 0 amide bonds. The van der Waals surface area contributed by atoms with Crippen molar-refractivity contribution < 1.29 is 24.1 Å². The molecule has 0 radical (unpaired) electrons. The van der Waals surface area contributed by atoms with Crippen LogP contribution in [0.4, 0.5) is 0 Å². The molecule has 4 atom stereocenters. The number of ether oxygens (including phenoxy) is 3. The van der Waals surface area contributed by atoms with Gasteiger partial charge < -0.3 is 19.3 Å². The normalized spacial score (nSPS) is 24.2. The average molecular weight is 403 g/mol. The van der Waals surface area contributed by atoms with Gasteiger partial charge in [0.25, 0.3) is 0 Å². The van der Waals surface area contributed by atoms with Crippen LogP contribution < -0.4 is 4.74 Å². The van der Waals surface area contributed by atoms with E-state index in [0.29, 0.717) is 19.4 Å². The van der Waals surface area contributed by atoms with Crippen molar-refractivity contribution in [3.8, 4) is 5.75 Å². The highest BCUT2D eigenvalue weighted by atomic mass is 16.5. The van der Waals surface area contributed by atoms with Gasteiger partial charge in [0.15, 0.2) is 0 Å². The van der Waals surface area contributed by atoms with Crippen molar-refractivity contribution in [1.82, 2.24) is 0 Å². The molecule has 0 aromatic heterocycles. The van der Waals surface area contributed by atoms with E-state index in [1.54, 1.807) is 6.08 Å². The number of methoxy groups -OCH3 is 2. The molecule has 0 heterocycles. The number of ketones is 1. The van der Waals surface area contributed by atoms with Crippen molar-refractivity contribution in [2.24, 2.45) is 11.3 Å². The lowest BCUT2D eigenvalue weighted by atomic mass is 9.61. The molecule has 1 aromatic carbocycles. The molecule has 0 saturated carbocycles. The van der Waals surface area contributed by atoms with E-state index in [-0.39, 0.29) is 29.1 Å². The van der Waals surface area contributed by atoms with E-state index in [1.807, 2.05) is 19.9 Å². The van der Waals surface area contributed by atoms with E-state index in [0.717, 1.165) is 16.9 Å². The highest BCUT2D eigenvalue weighted by molar-refractivity contribution is 5.98. The Morgan fingerprint density at radius 3 is 2.55 bits per heavy atom. The Morgan fingerprint density at radius 2 is 2.03 bits per heavy atom. The predicted octanol–water partition coefficient (Wildman–Crippen LogP) is 5.10. The average Bonchev–Trinajstić information content (AvgIpc) is 2.71. The second kappa shape index (κ2) is 9.49. The molecule has 29 heavy (non-hydrogen) atoms. The molecule has 1 N–H and O–H groups in total. The predicted molar refractivity (Wildman–Crippen MR) is 114 cm³/mol. The maximum atomic E-state index is 12.6. The first kappa shape index (κ1) is 23.0. The summed E-state index contributed by atoms with van der Waals surface area (Å²) in [5.41, 5.74) is 1.53. The zero-order chi connectivity index (χ0) is 21.8. The van der Waals surface area contributed by atoms with E-state index in [9.17, 15) is 9.90 Å². The van der Waals surface area contributed by atoms with Gasteiger partial charge in [-0.25, -0.2) is 0 Å². The summed E-state index contributed by atoms with van der Waals surface area (Å²) in [5, 5.41) is 11.1. The van der Waals surface area contributed by atoms with Gasteiger partial charge in [-0.15, -0.1) is 6.58 Å². The Morgan fingerprint density at radius 1 is 1.34 bits per heavy atom. The molecule has 0 saturated heterocycles. The van der Waals surface area contributed by atoms with Crippen LogP contribution in [0.15, 0.2) is 42.4 Å². The molecule has 0 spiro atoms. The maximum absolute atomic E-state index is 12.6. The number of hydrogen-bond acceptors (Lipinski definition) is 5. The van der Waals surface area contributed by atoms with Crippen molar-refractivity contribution in [3.63, 3.8) is 0 Å². The maximum Gasteiger partial charge on any atom is 0.229 e. The van der Waals surface area contributed by atoms with Crippen LogP contribution >= 0.6 is 0 Å². The lowest BCUT2D eigenvalue weighted by Gasteiger charge is -2.45. The number of aryl methyl sites for hydroxylation is 1. The molecule has 0 fully saturated rings. The Bertz CT molecular complexity index is 781. The van der Waals surface area contributed by atoms with E-state index in [2.05, 4.69) is 32.6 Å². The number of aliphatic hydroxyl groups is 1. The third-order valence-electron chi connectivity index (χ3n) is 6.40. The van der Waals surface area contributed by atoms with Crippen LogP contribution in [0, 0.1) is 18.3 Å². The van der Waals surface area contributed by atoms with Crippen molar-refractivity contribution in [2.75, 3.05) is 20.8 Å². The van der Waals surface area contributed by atoms with Crippen molar-refractivity contribution in [1.29, 1.82) is 0 Å². The first-order valence-corrected chi connectivity index (χ1v) is 10.2. The number of carbonyl (C=O) groups is 1. The zero-order valence-corrected chi connectivity index (χ0v) is 18.5. The van der Waals surface area contributed by atoms with Gasteiger partial charge in [-0.3, -0.25) is 4.79 Å². The molecule has 1 aromatic rings. The van der Waals surface area contributed by atoms with Crippen LogP contribution in [-0.2, 0) is 14.3 Å². The standard InChI is InChI=1S/C24H34O5/c1-8-12-24(14-20(27-6)21(25)22(28-7)23(24)26)17(5)16(4)18-10-11-19(29-9-2)15(3)13-18/h8,10-11,13,16-17,20,26H,1,9,12,14H2,2-7H3/t16-,17+,20+,24+/m0/s1. The molecule has 1 aliphatic rings. The lowest BCUT2D eigenvalue weighted by molar-refractivity contribution is -0.134. The SMILES string of the molecule is C=CC[C@]1([C@H](C)[C@H](C)c2ccc(OCC)c(C)c2)C[C@@H](OC)C(=O)C(OC)=C1O. The summed E-state index contributed by atoms with van der Waals surface area (Å²) in [7, 11) is 2.92. The minimum absolute atomic E-state index is 0.000193. The smallest absolute Gasteiger partial charge is 0.229 e. The van der Waals surface area contributed by atoms with Gasteiger partial charge in [-0.05, 0) is 55.7 Å². The first-order chi connectivity index (χ1) is 13.8. The first-order valence-electron chi connectivity index (χ1n) is 10.2. The summed E-state index contributed by atoms with van der Waals surface area (Å²) in [4.78, 5) is 12.6. The van der Waals surface area contributed by atoms with Crippen LogP contribution in [-0.4, -0.2) is 37.8 Å². The van der Waals surface area contributed by atoms with Gasteiger partial charge in [0.1, 0.15) is 17.6 Å². The second-order valence-electron chi connectivity index (χ2n) is 7.86.